The van der Waals surface area contributed by atoms with Gasteiger partial charge in [0.25, 0.3) is 0 Å². The van der Waals surface area contributed by atoms with Crippen molar-refractivity contribution in [3.05, 3.63) is 28.2 Å². The van der Waals surface area contributed by atoms with Crippen molar-refractivity contribution in [1.29, 1.82) is 0 Å². The van der Waals surface area contributed by atoms with Gasteiger partial charge in [0, 0.05) is 12.8 Å². The zero-order valence-corrected chi connectivity index (χ0v) is 11.6. The molecule has 0 amide bonds. The summed E-state index contributed by atoms with van der Waals surface area (Å²) in [6.07, 6.45) is 2.89. The SMILES string of the molecule is COc1ccc(CC(=O)CCCCN)cc1Br. The minimum absolute atomic E-state index is 0.260. The number of halogens is 1. The van der Waals surface area contributed by atoms with Crippen molar-refractivity contribution in [3.8, 4) is 5.75 Å². The Kier molecular flexibility index (Phi) is 6.22. The van der Waals surface area contributed by atoms with E-state index in [0.717, 1.165) is 28.6 Å². The Bertz CT molecular complexity index is 380. The first-order valence-corrected chi connectivity index (χ1v) is 6.51. The third-order valence-corrected chi connectivity index (χ3v) is 3.15. The average Bonchev–Trinajstić information content (AvgIpc) is 2.29. The van der Waals surface area contributed by atoms with Gasteiger partial charge >= 0.3 is 0 Å². The molecule has 1 rings (SSSR count). The summed E-state index contributed by atoms with van der Waals surface area (Å²) >= 11 is 3.41. The van der Waals surface area contributed by atoms with Crippen molar-refractivity contribution in [2.75, 3.05) is 13.7 Å². The van der Waals surface area contributed by atoms with Crippen molar-refractivity contribution in [3.63, 3.8) is 0 Å². The van der Waals surface area contributed by atoms with E-state index in [2.05, 4.69) is 15.9 Å². The minimum Gasteiger partial charge on any atom is -0.496 e. The highest BCUT2D eigenvalue weighted by molar-refractivity contribution is 9.10. The lowest BCUT2D eigenvalue weighted by molar-refractivity contribution is -0.118. The van der Waals surface area contributed by atoms with E-state index in [9.17, 15) is 4.79 Å². The predicted molar refractivity (Wildman–Crippen MR) is 72.3 cm³/mol. The smallest absolute Gasteiger partial charge is 0.137 e. The van der Waals surface area contributed by atoms with Crippen LogP contribution >= 0.6 is 15.9 Å². The van der Waals surface area contributed by atoms with E-state index < -0.39 is 0 Å². The molecule has 0 spiro atoms. The maximum atomic E-state index is 11.7. The van der Waals surface area contributed by atoms with Gasteiger partial charge in [-0.3, -0.25) is 4.79 Å². The van der Waals surface area contributed by atoms with Crippen molar-refractivity contribution >= 4 is 21.7 Å². The number of rotatable bonds is 7. The highest BCUT2D eigenvalue weighted by atomic mass is 79.9. The molecular formula is C13H18BrNO2. The van der Waals surface area contributed by atoms with E-state index in [1.165, 1.54) is 0 Å². The van der Waals surface area contributed by atoms with Gasteiger partial charge in [-0.25, -0.2) is 0 Å². The Morgan fingerprint density at radius 2 is 2.18 bits per heavy atom. The first kappa shape index (κ1) is 14.2. The first-order chi connectivity index (χ1) is 8.17. The van der Waals surface area contributed by atoms with Gasteiger partial charge in [-0.1, -0.05) is 6.07 Å². The molecule has 0 aliphatic heterocycles. The number of ketones is 1. The predicted octanol–water partition coefficient (Wildman–Crippen LogP) is 2.70. The standard InChI is InChI=1S/C13H18BrNO2/c1-17-13-6-5-10(9-12(13)14)8-11(16)4-2-3-7-15/h5-6,9H,2-4,7-8,15H2,1H3. The quantitative estimate of drug-likeness (QED) is 0.788. The van der Waals surface area contributed by atoms with Crippen molar-refractivity contribution in [1.82, 2.24) is 0 Å². The van der Waals surface area contributed by atoms with Crippen LogP contribution in [-0.2, 0) is 11.2 Å². The van der Waals surface area contributed by atoms with Gasteiger partial charge < -0.3 is 10.5 Å². The number of methoxy groups -OCH3 is 1. The number of unbranched alkanes of at least 4 members (excludes halogenated alkanes) is 1. The molecule has 2 N–H and O–H groups in total. The van der Waals surface area contributed by atoms with Gasteiger partial charge in [-0.15, -0.1) is 0 Å². The van der Waals surface area contributed by atoms with E-state index in [4.69, 9.17) is 10.5 Å². The number of hydrogen-bond donors (Lipinski definition) is 1. The normalized spacial score (nSPS) is 10.3. The molecule has 0 aliphatic carbocycles. The van der Waals surface area contributed by atoms with Crippen LogP contribution in [0.15, 0.2) is 22.7 Å². The summed E-state index contributed by atoms with van der Waals surface area (Å²) in [4.78, 5) is 11.7. The topological polar surface area (TPSA) is 52.3 Å². The summed E-state index contributed by atoms with van der Waals surface area (Å²) in [5.74, 6) is 1.04. The fourth-order valence-electron chi connectivity index (χ4n) is 1.60. The Hall–Kier alpha value is -0.870. The van der Waals surface area contributed by atoms with Crippen LogP contribution in [0.4, 0.5) is 0 Å². The van der Waals surface area contributed by atoms with Gasteiger partial charge in [-0.2, -0.15) is 0 Å². The lowest BCUT2D eigenvalue weighted by Crippen LogP contribution is -2.05. The molecule has 17 heavy (non-hydrogen) atoms. The fourth-order valence-corrected chi connectivity index (χ4v) is 2.19. The molecule has 0 fully saturated rings. The molecule has 1 aromatic carbocycles. The molecule has 0 radical (unpaired) electrons. The molecule has 94 valence electrons. The molecule has 3 nitrogen and oxygen atoms in total. The largest absolute Gasteiger partial charge is 0.496 e. The number of carbonyl (C=O) groups is 1. The number of ether oxygens (including phenoxy) is 1. The van der Waals surface area contributed by atoms with Crippen molar-refractivity contribution in [2.45, 2.75) is 25.7 Å². The van der Waals surface area contributed by atoms with E-state index in [1.54, 1.807) is 7.11 Å². The second-order valence-corrected chi connectivity index (χ2v) is 4.78. The van der Waals surface area contributed by atoms with Gasteiger partial charge in [0.1, 0.15) is 11.5 Å². The number of Topliss-reactive ketones (excluding diaryl/α,β-unsaturated/α-hetero) is 1. The molecule has 0 heterocycles. The van der Waals surface area contributed by atoms with E-state index in [1.807, 2.05) is 18.2 Å². The van der Waals surface area contributed by atoms with Gasteiger partial charge in [0.15, 0.2) is 0 Å². The molecule has 0 saturated carbocycles. The van der Waals surface area contributed by atoms with Crippen LogP contribution in [0.3, 0.4) is 0 Å². The zero-order valence-electron chi connectivity index (χ0n) is 10.0. The van der Waals surface area contributed by atoms with Gasteiger partial charge in [0.2, 0.25) is 0 Å². The maximum absolute atomic E-state index is 11.7. The van der Waals surface area contributed by atoms with Crippen molar-refractivity contribution in [2.24, 2.45) is 5.73 Å². The molecule has 1 aromatic rings. The summed E-state index contributed by atoms with van der Waals surface area (Å²) in [6.45, 7) is 0.654. The zero-order chi connectivity index (χ0) is 12.7. The van der Waals surface area contributed by atoms with Crippen LogP contribution in [0, 0.1) is 0 Å². The number of nitrogens with two attached hydrogens (primary N) is 1. The van der Waals surface area contributed by atoms with Gasteiger partial charge in [-0.05, 0) is 53.0 Å². The molecule has 0 aliphatic rings. The Morgan fingerprint density at radius 3 is 2.76 bits per heavy atom. The third kappa shape index (κ3) is 4.88. The van der Waals surface area contributed by atoms with Crippen LogP contribution in [0.25, 0.3) is 0 Å². The molecule has 0 atom stereocenters. The van der Waals surface area contributed by atoms with Gasteiger partial charge in [0.05, 0.1) is 11.6 Å². The van der Waals surface area contributed by atoms with Crippen LogP contribution in [0.5, 0.6) is 5.75 Å². The fraction of sp³-hybridized carbons (Fsp3) is 0.462. The Balaban J connectivity index is 2.51. The minimum atomic E-state index is 0.260. The molecule has 0 unspecified atom stereocenters. The summed E-state index contributed by atoms with van der Waals surface area (Å²) in [7, 11) is 1.62. The maximum Gasteiger partial charge on any atom is 0.137 e. The second-order valence-electron chi connectivity index (χ2n) is 3.93. The third-order valence-electron chi connectivity index (χ3n) is 2.53. The summed E-state index contributed by atoms with van der Waals surface area (Å²) in [6, 6.07) is 5.72. The average molecular weight is 300 g/mol. The molecule has 0 aromatic heterocycles. The molecular weight excluding hydrogens is 282 g/mol. The molecule has 4 heteroatoms. The van der Waals surface area contributed by atoms with Crippen LogP contribution in [-0.4, -0.2) is 19.4 Å². The summed E-state index contributed by atoms with van der Waals surface area (Å²) < 4.78 is 6.02. The monoisotopic (exact) mass is 299 g/mol. The number of benzene rings is 1. The first-order valence-electron chi connectivity index (χ1n) is 5.71. The highest BCUT2D eigenvalue weighted by Gasteiger charge is 2.06. The van der Waals surface area contributed by atoms with E-state index in [-0.39, 0.29) is 5.78 Å². The Labute approximate surface area is 110 Å². The lowest BCUT2D eigenvalue weighted by atomic mass is 10.0. The molecule has 0 bridgehead atoms. The van der Waals surface area contributed by atoms with Crippen LogP contribution in [0.2, 0.25) is 0 Å². The summed E-state index contributed by atoms with van der Waals surface area (Å²) in [5.41, 5.74) is 6.40. The van der Waals surface area contributed by atoms with E-state index in [0.29, 0.717) is 19.4 Å². The van der Waals surface area contributed by atoms with E-state index >= 15 is 0 Å². The second kappa shape index (κ2) is 7.45. The number of hydrogen-bond acceptors (Lipinski definition) is 3. The van der Waals surface area contributed by atoms with Crippen molar-refractivity contribution < 1.29 is 9.53 Å². The Morgan fingerprint density at radius 1 is 1.41 bits per heavy atom. The molecule has 0 saturated heterocycles. The number of carbonyl (C=O) groups excluding carboxylic acids is 1. The van der Waals surface area contributed by atoms with Crippen LogP contribution in [0.1, 0.15) is 24.8 Å². The highest BCUT2D eigenvalue weighted by Crippen LogP contribution is 2.25. The van der Waals surface area contributed by atoms with Crippen LogP contribution < -0.4 is 10.5 Å². The lowest BCUT2D eigenvalue weighted by Gasteiger charge is -2.06. The summed E-state index contributed by atoms with van der Waals surface area (Å²) in [5, 5.41) is 0.